The van der Waals surface area contributed by atoms with E-state index in [0.717, 1.165) is 72.8 Å². The minimum Gasteiger partial charge on any atom is -0.497 e. The van der Waals surface area contributed by atoms with E-state index in [1.54, 1.807) is 20.8 Å². The summed E-state index contributed by atoms with van der Waals surface area (Å²) in [6.45, 7) is 6.23. The van der Waals surface area contributed by atoms with E-state index in [-0.39, 0.29) is 29.6 Å². The fourth-order valence-electron chi connectivity index (χ4n) is 6.78. The van der Waals surface area contributed by atoms with Crippen LogP contribution >= 0.6 is 0 Å². The number of ether oxygens (including phenoxy) is 14. The summed E-state index contributed by atoms with van der Waals surface area (Å²) in [5.41, 5.74) is 0. The minimum atomic E-state index is -4.99. The largest absolute Gasteiger partial charge is 0.497 e. The van der Waals surface area contributed by atoms with Crippen molar-refractivity contribution in [3.8, 4) is 80.5 Å². The van der Waals surface area contributed by atoms with Gasteiger partial charge >= 0.3 is 125 Å². The van der Waals surface area contributed by atoms with E-state index < -0.39 is 166 Å². The van der Waals surface area contributed by atoms with E-state index in [1.807, 2.05) is 0 Å². The fraction of sp³-hybridized carbons (Fsp3) is 0.391. The summed E-state index contributed by atoms with van der Waals surface area (Å²) in [5.74, 6) is -5.99. The van der Waals surface area contributed by atoms with Gasteiger partial charge in [-0.2, -0.15) is 176 Å². The zero-order valence-corrected chi connectivity index (χ0v) is 60.9. The van der Waals surface area contributed by atoms with Crippen molar-refractivity contribution in [1.29, 1.82) is 0 Å². The Labute approximate surface area is 664 Å². The minimum absolute atomic E-state index is 0.00493. The summed E-state index contributed by atoms with van der Waals surface area (Å²) < 4.78 is 544. The summed E-state index contributed by atoms with van der Waals surface area (Å²) in [4.78, 5) is 0. The maximum atomic E-state index is 12.6. The first-order valence-electron chi connectivity index (χ1n) is 32.1. The SMILES string of the molecule is CCOc1ccc(OC(F)(F)C(F)F)cc1.CCOc1ccc(OC(F)(F)C(F)F)cc1.CCOc1ccccc1OC(F)(F)C(F)F.COc1ccc(OC(F)(F)C(F)F)cc1.FC(F)C(F)(F)Oc1ccc(OC(F)(F)C(F)F)cc1.FC(F)C(F)(F)Oc1cccc(OC(F)(F)C(F)F)c1.FC(F)C(F)(F)Oc1ccccc1OC(F)(F)C(F)F. The van der Waals surface area contributed by atoms with E-state index in [1.165, 1.54) is 61.7 Å². The molecule has 0 saturated heterocycles. The predicted molar refractivity (Wildman–Crippen MR) is 341 cm³/mol. The molecule has 0 amide bonds. The molecule has 123 heavy (non-hydrogen) atoms. The third kappa shape index (κ3) is 39.8. The molecule has 0 aliphatic carbocycles. The number of hydrogen-bond donors (Lipinski definition) is 0. The molecule has 0 aliphatic heterocycles. The number of methoxy groups -OCH3 is 1. The van der Waals surface area contributed by atoms with Crippen LogP contribution in [0.15, 0.2) is 170 Å². The quantitative estimate of drug-likeness (QED) is 0.0343. The molecule has 54 heteroatoms. The molecule has 0 spiro atoms. The molecular weight excluding hydrogens is 1810 g/mol. The highest BCUT2D eigenvalue weighted by molar-refractivity contribution is 5.41. The maximum Gasteiger partial charge on any atom is 0.461 e. The Morgan fingerprint density at radius 3 is 0.537 bits per heavy atom. The summed E-state index contributed by atoms with van der Waals surface area (Å²) in [5, 5.41) is 0. The highest BCUT2D eigenvalue weighted by Crippen LogP contribution is 2.41. The van der Waals surface area contributed by atoms with Crippen LogP contribution in [0.2, 0.25) is 0 Å². The highest BCUT2D eigenvalue weighted by Gasteiger charge is 2.52. The molecule has 0 saturated carbocycles. The molecule has 0 atom stereocenters. The standard InChI is InChI=1S/3C10H6F8O2.3C10H10F4O2.C9H8F4O2/c11-7(12)9(15,16)19-5-1-2-6(4-3-5)20-10(17,18)8(13)14;11-7(12)9(15,16)19-5-2-1-3-6(4-5)20-10(17,18)8(13)14;11-7(12)9(15,16)19-5-3-1-2-4-6(5)20-10(17,18)8(13)14;2*1-2-15-7-3-5-8(6-4-7)16-10(13,14)9(11)12;1-2-15-7-5-3-4-6-8(7)16-10(13,14)9(11)12;1-14-6-2-4-7(5-3-6)15-9(12,13)8(10)11/h3*1-4,7-8H;3*3-6,9H,2H2,1H3;2-5,8H,1H3. The van der Waals surface area contributed by atoms with Crippen LogP contribution in [0.4, 0.5) is 176 Å². The second kappa shape index (κ2) is 48.7. The number of rotatable bonds is 37. The Bertz CT molecular complexity index is 3900. The molecule has 7 aromatic carbocycles. The number of para-hydroxylation sites is 4. The molecule has 7 aromatic rings. The van der Waals surface area contributed by atoms with Crippen LogP contribution in [0.5, 0.6) is 80.5 Å². The lowest BCUT2D eigenvalue weighted by Gasteiger charge is -2.21. The average Bonchev–Trinajstić information content (AvgIpc) is 0.837. The van der Waals surface area contributed by atoms with Crippen molar-refractivity contribution >= 4 is 0 Å². The number of halogens is 40. The molecule has 0 aliphatic rings. The molecule has 0 bridgehead atoms. The van der Waals surface area contributed by atoms with Gasteiger partial charge in [-0.3, -0.25) is 0 Å². The Morgan fingerprint density at radius 1 is 0.187 bits per heavy atom. The second-order valence-corrected chi connectivity index (χ2v) is 21.4. The van der Waals surface area contributed by atoms with Crippen LogP contribution in [0, 0.1) is 0 Å². The van der Waals surface area contributed by atoms with Gasteiger partial charge in [-0.1, -0.05) is 30.3 Å². The topological polar surface area (TPSA) is 129 Å². The van der Waals surface area contributed by atoms with Crippen molar-refractivity contribution in [3.05, 3.63) is 170 Å². The molecular formula is C69H56F40O14. The summed E-state index contributed by atoms with van der Waals surface area (Å²) >= 11 is 0. The Morgan fingerprint density at radius 2 is 0.350 bits per heavy atom. The number of hydrogen-bond acceptors (Lipinski definition) is 14. The van der Waals surface area contributed by atoms with Crippen LogP contribution in [-0.4, -0.2) is 152 Å². The van der Waals surface area contributed by atoms with Crippen LogP contribution in [0.1, 0.15) is 20.8 Å². The van der Waals surface area contributed by atoms with E-state index in [4.69, 9.17) is 18.9 Å². The van der Waals surface area contributed by atoms with Gasteiger partial charge in [-0.15, -0.1) is 0 Å². The van der Waals surface area contributed by atoms with Gasteiger partial charge in [0.05, 0.1) is 26.9 Å². The molecule has 0 aromatic heterocycles. The first kappa shape index (κ1) is 110. The Balaban J connectivity index is 0.000000720. The third-order valence-corrected chi connectivity index (χ3v) is 12.0. The van der Waals surface area contributed by atoms with Gasteiger partial charge in [0.25, 0.3) is 0 Å². The fourth-order valence-corrected chi connectivity index (χ4v) is 6.78. The maximum absolute atomic E-state index is 12.6. The van der Waals surface area contributed by atoms with E-state index in [9.17, 15) is 176 Å². The summed E-state index contributed by atoms with van der Waals surface area (Å²) in [6, 6.07) is 28.5. The second-order valence-electron chi connectivity index (χ2n) is 21.4. The van der Waals surface area contributed by atoms with Crippen molar-refractivity contribution in [2.75, 3.05) is 26.9 Å². The van der Waals surface area contributed by atoms with Gasteiger partial charge in [0.15, 0.2) is 23.0 Å². The highest BCUT2D eigenvalue weighted by atomic mass is 19.4. The molecule has 0 heterocycles. The average molecular weight is 1870 g/mol. The number of benzene rings is 7. The first-order valence-corrected chi connectivity index (χ1v) is 32.1. The van der Waals surface area contributed by atoms with Crippen LogP contribution in [-0.2, 0) is 0 Å². The normalized spacial score (nSPS) is 12.2. The zero-order chi connectivity index (χ0) is 94.7. The van der Waals surface area contributed by atoms with Crippen molar-refractivity contribution in [2.45, 2.75) is 146 Å². The lowest BCUT2D eigenvalue weighted by Crippen LogP contribution is -2.35. The number of alkyl halides is 40. The summed E-state index contributed by atoms with van der Waals surface area (Å²) in [6.07, 6.45) is -87.6. The van der Waals surface area contributed by atoms with Gasteiger partial charge in [0.2, 0.25) is 0 Å². The van der Waals surface area contributed by atoms with Crippen molar-refractivity contribution in [1.82, 2.24) is 0 Å². The van der Waals surface area contributed by atoms with Crippen LogP contribution < -0.4 is 66.3 Å². The van der Waals surface area contributed by atoms with Gasteiger partial charge < -0.3 is 66.3 Å². The third-order valence-electron chi connectivity index (χ3n) is 12.0. The Hall–Kier alpha value is -11.1. The predicted octanol–water partition coefficient (Wildman–Crippen LogP) is 25.4. The van der Waals surface area contributed by atoms with Crippen molar-refractivity contribution < 1.29 is 242 Å². The smallest absolute Gasteiger partial charge is 0.461 e. The van der Waals surface area contributed by atoms with E-state index in [0.29, 0.717) is 72.9 Å². The monoisotopic (exact) mass is 1870 g/mol. The van der Waals surface area contributed by atoms with Crippen LogP contribution in [0.25, 0.3) is 0 Å². The van der Waals surface area contributed by atoms with Gasteiger partial charge in [-0.05, 0) is 154 Å². The zero-order valence-electron chi connectivity index (χ0n) is 60.9. The lowest BCUT2D eigenvalue weighted by atomic mass is 10.3. The lowest BCUT2D eigenvalue weighted by molar-refractivity contribution is -0.264. The van der Waals surface area contributed by atoms with Gasteiger partial charge in [-0.25, -0.2) is 0 Å². The van der Waals surface area contributed by atoms with E-state index in [2.05, 4.69) is 47.4 Å². The van der Waals surface area contributed by atoms with Crippen molar-refractivity contribution in [2.24, 2.45) is 0 Å². The van der Waals surface area contributed by atoms with E-state index >= 15 is 0 Å². The molecule has 0 unspecified atom stereocenters. The Kier molecular flexibility index (Phi) is 43.5. The van der Waals surface area contributed by atoms with Crippen LogP contribution in [0.3, 0.4) is 0 Å². The van der Waals surface area contributed by atoms with Gasteiger partial charge in [0, 0.05) is 6.07 Å². The van der Waals surface area contributed by atoms with Crippen molar-refractivity contribution in [3.63, 3.8) is 0 Å². The summed E-state index contributed by atoms with van der Waals surface area (Å²) in [7, 11) is 1.39. The molecule has 0 radical (unpaired) electrons. The molecule has 7 rings (SSSR count). The molecule has 0 N–H and O–H groups in total. The molecule has 14 nitrogen and oxygen atoms in total. The molecule has 0 fully saturated rings. The molecule has 696 valence electrons. The first-order chi connectivity index (χ1) is 56.5. The van der Waals surface area contributed by atoms with Gasteiger partial charge in [0.1, 0.15) is 57.5 Å².